The maximum atomic E-state index is 2.54. The van der Waals surface area contributed by atoms with Crippen molar-refractivity contribution >= 4 is 43.1 Å². The molecular weight excluding hydrogens is 637 g/mol. The monoisotopic (exact) mass is 668 g/mol. The molecule has 2 aliphatic rings. The highest BCUT2D eigenvalue weighted by Crippen LogP contribution is 2.64. The van der Waals surface area contributed by atoms with Crippen LogP contribution in [0, 0.1) is 0 Å². The second-order valence-corrected chi connectivity index (χ2v) is 14.7. The van der Waals surface area contributed by atoms with Crippen LogP contribution in [0.3, 0.4) is 0 Å². The van der Waals surface area contributed by atoms with Crippen molar-refractivity contribution in [2.24, 2.45) is 0 Å². The third-order valence-electron chi connectivity index (χ3n) is 12.2. The van der Waals surface area contributed by atoms with E-state index in [-0.39, 0.29) is 0 Å². The van der Waals surface area contributed by atoms with Crippen LogP contribution < -0.4 is 0 Å². The van der Waals surface area contributed by atoms with Crippen LogP contribution >= 0.6 is 0 Å². The Balaban J connectivity index is 1.18. The normalized spacial score (nSPS) is 15.2. The second kappa shape index (κ2) is 10.6. The first-order valence-corrected chi connectivity index (χ1v) is 18.6. The molecule has 0 bridgehead atoms. The van der Waals surface area contributed by atoms with Gasteiger partial charge in [-0.05, 0) is 122 Å². The van der Waals surface area contributed by atoms with Crippen molar-refractivity contribution in [2.75, 3.05) is 0 Å². The Morgan fingerprint density at radius 2 is 0.717 bits per heavy atom. The van der Waals surface area contributed by atoms with Crippen LogP contribution in [0.25, 0.3) is 87.6 Å². The topological polar surface area (TPSA) is 0 Å². The Kier molecular flexibility index (Phi) is 5.80. The first kappa shape index (κ1) is 28.9. The lowest BCUT2D eigenvalue weighted by Crippen LogP contribution is -2.25. The minimum atomic E-state index is -0.422. The van der Waals surface area contributed by atoms with E-state index in [4.69, 9.17) is 0 Å². The number of hydrogen-bond donors (Lipinski definition) is 0. The van der Waals surface area contributed by atoms with Gasteiger partial charge < -0.3 is 0 Å². The van der Waals surface area contributed by atoms with Crippen molar-refractivity contribution in [3.63, 3.8) is 0 Å². The molecule has 0 saturated heterocycles. The summed E-state index contributed by atoms with van der Waals surface area (Å²) in [6.45, 7) is 0. The van der Waals surface area contributed by atoms with Crippen LogP contribution in [0.2, 0.25) is 0 Å². The van der Waals surface area contributed by atoms with E-state index < -0.39 is 5.41 Å². The Bertz CT molecular complexity index is 3120. The Labute approximate surface area is 308 Å². The molecule has 1 unspecified atom stereocenters. The Hall–Kier alpha value is -6.76. The Morgan fingerprint density at radius 3 is 1.42 bits per heavy atom. The average molecular weight is 669 g/mol. The fourth-order valence-electron chi connectivity index (χ4n) is 10.2. The van der Waals surface area contributed by atoms with Crippen molar-refractivity contribution in [3.8, 4) is 44.5 Å². The van der Waals surface area contributed by atoms with E-state index in [1.54, 1.807) is 0 Å². The van der Waals surface area contributed by atoms with E-state index in [1.807, 2.05) is 0 Å². The molecule has 0 heterocycles. The zero-order valence-electron chi connectivity index (χ0n) is 29.0. The summed E-state index contributed by atoms with van der Waals surface area (Å²) < 4.78 is 0. The van der Waals surface area contributed by atoms with Gasteiger partial charge in [-0.25, -0.2) is 0 Å². The van der Waals surface area contributed by atoms with Crippen LogP contribution in [-0.4, -0.2) is 0 Å². The molecule has 0 fully saturated rings. The van der Waals surface area contributed by atoms with Crippen LogP contribution in [0.4, 0.5) is 0 Å². The summed E-state index contributed by atoms with van der Waals surface area (Å²) in [6, 6.07) is 72.9. The second-order valence-electron chi connectivity index (χ2n) is 14.7. The van der Waals surface area contributed by atoms with Crippen molar-refractivity contribution in [1.82, 2.24) is 0 Å². The van der Waals surface area contributed by atoms with E-state index in [1.165, 1.54) is 110 Å². The van der Waals surface area contributed by atoms with Crippen molar-refractivity contribution < 1.29 is 0 Å². The molecule has 1 spiro atoms. The van der Waals surface area contributed by atoms with E-state index in [9.17, 15) is 0 Å². The van der Waals surface area contributed by atoms with Crippen molar-refractivity contribution in [3.05, 3.63) is 216 Å². The summed E-state index contributed by atoms with van der Waals surface area (Å²) in [7, 11) is 0. The SMILES string of the molecule is c1ccc2c(c1)-c1ccc(-c3c4ccccc4c(-c4ccc5ccccc5c4)c4ccccc34)cc1C21c2ccccc2-c2c1ccc1ccccc21. The van der Waals surface area contributed by atoms with Gasteiger partial charge in [-0.1, -0.05) is 182 Å². The minimum absolute atomic E-state index is 0.422. The molecule has 0 amide bonds. The van der Waals surface area contributed by atoms with Crippen LogP contribution in [0.15, 0.2) is 194 Å². The highest BCUT2D eigenvalue weighted by molar-refractivity contribution is 6.22. The number of hydrogen-bond acceptors (Lipinski definition) is 0. The Morgan fingerprint density at radius 1 is 0.245 bits per heavy atom. The largest absolute Gasteiger partial charge is 0.0725 e. The third-order valence-corrected chi connectivity index (χ3v) is 12.2. The summed E-state index contributed by atoms with van der Waals surface area (Å²) in [5, 5.41) is 10.2. The lowest BCUT2D eigenvalue weighted by molar-refractivity contribution is 0.795. The van der Waals surface area contributed by atoms with Crippen LogP contribution in [0.1, 0.15) is 22.3 Å². The molecule has 0 radical (unpaired) electrons. The van der Waals surface area contributed by atoms with Crippen LogP contribution in [0.5, 0.6) is 0 Å². The lowest BCUT2D eigenvalue weighted by Gasteiger charge is -2.31. The summed E-state index contributed by atoms with van der Waals surface area (Å²) in [5.74, 6) is 0. The molecule has 0 saturated carbocycles. The third kappa shape index (κ3) is 3.75. The number of rotatable bonds is 2. The molecule has 10 aromatic rings. The summed E-state index contributed by atoms with van der Waals surface area (Å²) in [5.41, 5.74) is 15.5. The van der Waals surface area contributed by atoms with Crippen molar-refractivity contribution in [1.29, 1.82) is 0 Å². The van der Waals surface area contributed by atoms with Gasteiger partial charge in [0.05, 0.1) is 5.41 Å². The lowest BCUT2D eigenvalue weighted by atomic mass is 9.70. The van der Waals surface area contributed by atoms with Gasteiger partial charge in [0.15, 0.2) is 0 Å². The maximum Gasteiger partial charge on any atom is 0.0725 e. The molecule has 0 nitrogen and oxygen atoms in total. The highest BCUT2D eigenvalue weighted by atomic mass is 14.5. The molecule has 0 heteroatoms. The smallest absolute Gasteiger partial charge is 0.0619 e. The van der Waals surface area contributed by atoms with Gasteiger partial charge in [0.25, 0.3) is 0 Å². The fourth-order valence-corrected chi connectivity index (χ4v) is 10.2. The van der Waals surface area contributed by atoms with Crippen molar-refractivity contribution in [2.45, 2.75) is 5.41 Å². The van der Waals surface area contributed by atoms with Gasteiger partial charge in [0.1, 0.15) is 0 Å². The predicted octanol–water partition coefficient (Wildman–Crippen LogP) is 14.0. The van der Waals surface area contributed by atoms with Crippen LogP contribution in [-0.2, 0) is 5.41 Å². The molecular formula is C53H32. The molecule has 2 aliphatic carbocycles. The van der Waals surface area contributed by atoms with Gasteiger partial charge in [0, 0.05) is 0 Å². The van der Waals surface area contributed by atoms with Gasteiger partial charge in [-0.15, -0.1) is 0 Å². The van der Waals surface area contributed by atoms with Gasteiger partial charge in [0.2, 0.25) is 0 Å². The predicted molar refractivity (Wildman–Crippen MR) is 224 cm³/mol. The zero-order valence-corrected chi connectivity index (χ0v) is 29.0. The molecule has 1 atom stereocenters. The van der Waals surface area contributed by atoms with E-state index in [0.29, 0.717) is 0 Å². The molecule has 0 aromatic heterocycles. The first-order valence-electron chi connectivity index (χ1n) is 18.6. The molecule has 12 rings (SSSR count). The standard InChI is InChI=1S/C53H32/c1-2-15-35-31-36(26-25-33(35)13-1)50-41-18-5-7-20-43(41)51(44-21-8-6-19-42(44)50)37-27-29-40-39-17-9-11-23-46(39)53(49(40)32-37)47-24-12-10-22-45(47)52-38-16-4-3-14-34(38)28-30-48(52)53/h1-32H. The van der Waals surface area contributed by atoms with E-state index >= 15 is 0 Å². The first-order chi connectivity index (χ1) is 26.3. The molecule has 244 valence electrons. The van der Waals surface area contributed by atoms with E-state index in [2.05, 4.69) is 194 Å². The molecule has 0 N–H and O–H groups in total. The average Bonchev–Trinajstić information content (AvgIpc) is 3.70. The molecule has 0 aliphatic heterocycles. The summed E-state index contributed by atoms with van der Waals surface area (Å²) >= 11 is 0. The van der Waals surface area contributed by atoms with Gasteiger partial charge in [-0.2, -0.15) is 0 Å². The molecule has 10 aromatic carbocycles. The quantitative estimate of drug-likeness (QED) is 0.161. The highest BCUT2D eigenvalue weighted by Gasteiger charge is 2.52. The fraction of sp³-hybridized carbons (Fsp3) is 0.0189. The molecule has 53 heavy (non-hydrogen) atoms. The summed E-state index contributed by atoms with van der Waals surface area (Å²) in [4.78, 5) is 0. The van der Waals surface area contributed by atoms with Gasteiger partial charge in [-0.3, -0.25) is 0 Å². The van der Waals surface area contributed by atoms with Gasteiger partial charge >= 0.3 is 0 Å². The summed E-state index contributed by atoms with van der Waals surface area (Å²) in [6.07, 6.45) is 0. The van der Waals surface area contributed by atoms with E-state index in [0.717, 1.165) is 0 Å². The maximum absolute atomic E-state index is 2.54. The zero-order chi connectivity index (χ0) is 34.7. The number of benzene rings is 10. The number of fused-ring (bicyclic) bond motifs is 15. The minimum Gasteiger partial charge on any atom is -0.0619 e.